The summed E-state index contributed by atoms with van der Waals surface area (Å²) in [5.41, 5.74) is 9.76. The van der Waals surface area contributed by atoms with E-state index >= 15 is 0 Å². The molecular weight excluding hydrogens is 428 g/mol. The first kappa shape index (κ1) is 19.5. The van der Waals surface area contributed by atoms with Gasteiger partial charge in [0.15, 0.2) is 0 Å². The van der Waals surface area contributed by atoms with Gasteiger partial charge in [-0.1, -0.05) is 12.8 Å². The van der Waals surface area contributed by atoms with E-state index in [1.165, 1.54) is 25.7 Å². The second-order valence-corrected chi connectivity index (χ2v) is 8.03. The summed E-state index contributed by atoms with van der Waals surface area (Å²) in [5.74, 6) is 0.897. The standard InChI is InChI=1S/C22H23BrN6/c23-17-7-8-19(28-22(17)29-10-3-1-2-4-11-29)21(25)16-12-20(27-14-18(16)24)15-6-5-9-26-13-15/h5-9,12-14,25H,1-4,10-11,24H2. The lowest BCUT2D eigenvalue weighted by atomic mass is 10.0. The molecule has 0 saturated carbocycles. The van der Waals surface area contributed by atoms with Crippen molar-refractivity contribution in [1.82, 2.24) is 15.0 Å². The van der Waals surface area contributed by atoms with Crippen LogP contribution in [0.4, 0.5) is 11.5 Å². The third-order valence-corrected chi connectivity index (χ3v) is 5.77. The summed E-state index contributed by atoms with van der Waals surface area (Å²) < 4.78 is 0.953. The maximum Gasteiger partial charge on any atom is 0.143 e. The number of nitrogen functional groups attached to an aromatic ring is 1. The molecule has 0 atom stereocenters. The maximum absolute atomic E-state index is 8.78. The first-order valence-corrected chi connectivity index (χ1v) is 10.6. The van der Waals surface area contributed by atoms with E-state index in [-0.39, 0.29) is 0 Å². The monoisotopic (exact) mass is 450 g/mol. The number of hydrogen-bond acceptors (Lipinski definition) is 6. The Balaban J connectivity index is 1.69. The lowest BCUT2D eigenvalue weighted by Gasteiger charge is -2.23. The molecule has 148 valence electrons. The Kier molecular flexibility index (Phi) is 5.85. The molecule has 1 fully saturated rings. The number of nitrogens with zero attached hydrogens (tertiary/aromatic N) is 4. The molecule has 0 unspecified atom stereocenters. The van der Waals surface area contributed by atoms with Gasteiger partial charge in [0.1, 0.15) is 5.82 Å². The van der Waals surface area contributed by atoms with Crippen molar-refractivity contribution in [3.8, 4) is 11.3 Å². The SMILES string of the molecule is N=C(c1ccc(Br)c(N2CCCCCC2)n1)c1cc(-c2cccnc2)ncc1N. The summed E-state index contributed by atoms with van der Waals surface area (Å²) in [7, 11) is 0. The van der Waals surface area contributed by atoms with E-state index in [9.17, 15) is 0 Å². The molecule has 29 heavy (non-hydrogen) atoms. The van der Waals surface area contributed by atoms with Crippen molar-refractivity contribution >= 4 is 33.1 Å². The molecule has 6 nitrogen and oxygen atoms in total. The number of nitrogens with one attached hydrogen (secondary N) is 1. The van der Waals surface area contributed by atoms with Gasteiger partial charge in [-0.15, -0.1) is 0 Å². The molecule has 4 rings (SSSR count). The highest BCUT2D eigenvalue weighted by atomic mass is 79.9. The van der Waals surface area contributed by atoms with Crippen molar-refractivity contribution in [2.24, 2.45) is 0 Å². The van der Waals surface area contributed by atoms with Gasteiger partial charge in [-0.3, -0.25) is 15.4 Å². The van der Waals surface area contributed by atoms with Crippen LogP contribution in [0.1, 0.15) is 36.9 Å². The minimum absolute atomic E-state index is 0.290. The topological polar surface area (TPSA) is 91.8 Å². The molecule has 0 aliphatic carbocycles. The van der Waals surface area contributed by atoms with Crippen molar-refractivity contribution in [2.45, 2.75) is 25.7 Å². The first-order valence-electron chi connectivity index (χ1n) is 9.80. The molecule has 3 aromatic rings. The molecule has 7 heteroatoms. The molecule has 3 N–H and O–H groups in total. The van der Waals surface area contributed by atoms with Crippen molar-refractivity contribution in [1.29, 1.82) is 5.41 Å². The van der Waals surface area contributed by atoms with Crippen LogP contribution in [-0.4, -0.2) is 33.8 Å². The van der Waals surface area contributed by atoms with E-state index in [0.717, 1.165) is 34.6 Å². The Bertz CT molecular complexity index is 1010. The molecule has 4 heterocycles. The molecule has 3 aromatic heterocycles. The molecule has 0 bridgehead atoms. The zero-order valence-corrected chi connectivity index (χ0v) is 17.7. The number of anilines is 2. The van der Waals surface area contributed by atoms with E-state index in [2.05, 4.69) is 30.8 Å². The van der Waals surface area contributed by atoms with Crippen LogP contribution in [0.25, 0.3) is 11.3 Å². The van der Waals surface area contributed by atoms with Gasteiger partial charge < -0.3 is 10.6 Å². The van der Waals surface area contributed by atoms with E-state index in [1.807, 2.05) is 30.3 Å². The van der Waals surface area contributed by atoms with Crippen molar-refractivity contribution in [2.75, 3.05) is 23.7 Å². The highest BCUT2D eigenvalue weighted by Gasteiger charge is 2.18. The molecule has 1 aliphatic heterocycles. The fraction of sp³-hybridized carbons (Fsp3) is 0.273. The van der Waals surface area contributed by atoms with Gasteiger partial charge in [0.25, 0.3) is 0 Å². The Labute approximate surface area is 178 Å². The predicted octanol–water partition coefficient (Wildman–Crippen LogP) is 4.68. The summed E-state index contributed by atoms with van der Waals surface area (Å²) in [6, 6.07) is 9.47. The Morgan fingerprint density at radius 3 is 2.59 bits per heavy atom. The Morgan fingerprint density at radius 2 is 1.86 bits per heavy atom. The average molecular weight is 451 g/mol. The minimum atomic E-state index is 0.290. The van der Waals surface area contributed by atoms with E-state index in [4.69, 9.17) is 16.1 Å². The lowest BCUT2D eigenvalue weighted by molar-refractivity contribution is 0.726. The second kappa shape index (κ2) is 8.69. The van der Waals surface area contributed by atoms with Crippen molar-refractivity contribution < 1.29 is 0 Å². The third kappa shape index (κ3) is 4.29. The Hall–Kier alpha value is -2.80. The highest BCUT2D eigenvalue weighted by Crippen LogP contribution is 2.28. The number of hydrogen-bond donors (Lipinski definition) is 2. The van der Waals surface area contributed by atoms with Crippen molar-refractivity contribution in [3.05, 3.63) is 64.7 Å². The van der Waals surface area contributed by atoms with Gasteiger partial charge >= 0.3 is 0 Å². The zero-order chi connectivity index (χ0) is 20.2. The maximum atomic E-state index is 8.78. The van der Waals surface area contributed by atoms with Gasteiger partial charge in [0, 0.05) is 36.6 Å². The fourth-order valence-corrected chi connectivity index (χ4v) is 4.04. The largest absolute Gasteiger partial charge is 0.397 e. The first-order chi connectivity index (χ1) is 14.1. The van der Waals surface area contributed by atoms with Crippen molar-refractivity contribution in [3.63, 3.8) is 0 Å². The van der Waals surface area contributed by atoms with E-state index in [0.29, 0.717) is 22.7 Å². The number of pyridine rings is 3. The van der Waals surface area contributed by atoms with Crippen LogP contribution >= 0.6 is 15.9 Å². The summed E-state index contributed by atoms with van der Waals surface area (Å²) in [5, 5.41) is 8.78. The molecular formula is C22H23BrN6. The number of aromatic nitrogens is 3. The van der Waals surface area contributed by atoms with Crippen LogP contribution < -0.4 is 10.6 Å². The summed E-state index contributed by atoms with van der Waals surface area (Å²) in [6.07, 6.45) is 9.92. The average Bonchev–Trinajstić information content (AvgIpc) is 3.04. The van der Waals surface area contributed by atoms with Gasteiger partial charge in [-0.05, 0) is 59.1 Å². The van der Waals surface area contributed by atoms with Crippen LogP contribution in [0.3, 0.4) is 0 Å². The molecule has 0 radical (unpaired) electrons. The fourth-order valence-electron chi connectivity index (χ4n) is 3.57. The van der Waals surface area contributed by atoms with Crippen LogP contribution in [0.15, 0.2) is 53.4 Å². The lowest BCUT2D eigenvalue weighted by Crippen LogP contribution is -2.26. The molecule has 0 aromatic carbocycles. The molecule has 1 aliphatic rings. The molecule has 0 spiro atoms. The second-order valence-electron chi connectivity index (χ2n) is 7.18. The third-order valence-electron chi connectivity index (χ3n) is 5.15. The smallest absolute Gasteiger partial charge is 0.143 e. The predicted molar refractivity (Wildman–Crippen MR) is 120 cm³/mol. The van der Waals surface area contributed by atoms with Gasteiger partial charge in [0.2, 0.25) is 0 Å². The minimum Gasteiger partial charge on any atom is -0.397 e. The van der Waals surface area contributed by atoms with Gasteiger partial charge in [-0.2, -0.15) is 0 Å². The Morgan fingerprint density at radius 1 is 1.07 bits per heavy atom. The normalized spacial score (nSPS) is 14.4. The van der Waals surface area contributed by atoms with Gasteiger partial charge in [-0.25, -0.2) is 4.98 Å². The van der Waals surface area contributed by atoms with Gasteiger partial charge in [0.05, 0.1) is 33.5 Å². The van der Waals surface area contributed by atoms with Crippen LogP contribution in [-0.2, 0) is 0 Å². The number of nitrogens with two attached hydrogens (primary N) is 1. The quantitative estimate of drug-likeness (QED) is 0.562. The van der Waals surface area contributed by atoms with Crippen LogP contribution in [0, 0.1) is 5.41 Å². The van der Waals surface area contributed by atoms with E-state index in [1.54, 1.807) is 18.6 Å². The van der Waals surface area contributed by atoms with Crippen LogP contribution in [0.2, 0.25) is 0 Å². The summed E-state index contributed by atoms with van der Waals surface area (Å²) in [4.78, 5) is 15.7. The van der Waals surface area contributed by atoms with Crippen LogP contribution in [0.5, 0.6) is 0 Å². The summed E-state index contributed by atoms with van der Waals surface area (Å²) >= 11 is 3.64. The zero-order valence-electron chi connectivity index (χ0n) is 16.1. The highest BCUT2D eigenvalue weighted by molar-refractivity contribution is 9.10. The molecule has 0 amide bonds. The summed E-state index contributed by atoms with van der Waals surface area (Å²) in [6.45, 7) is 1.98. The number of rotatable bonds is 4. The number of halogens is 1. The molecule has 1 saturated heterocycles. The van der Waals surface area contributed by atoms with E-state index < -0.39 is 0 Å².